The number of likely N-dealkylation sites (tertiary alicyclic amines) is 1. The van der Waals surface area contributed by atoms with Crippen molar-refractivity contribution in [3.05, 3.63) is 95.2 Å². The summed E-state index contributed by atoms with van der Waals surface area (Å²) in [6.07, 6.45) is 5.42. The van der Waals surface area contributed by atoms with E-state index >= 15 is 0 Å². The van der Waals surface area contributed by atoms with Crippen molar-refractivity contribution in [2.75, 3.05) is 13.1 Å². The zero-order valence-electron chi connectivity index (χ0n) is 19.3. The van der Waals surface area contributed by atoms with Gasteiger partial charge in [0.2, 0.25) is 5.91 Å². The highest BCUT2D eigenvalue weighted by molar-refractivity contribution is 5.87. The number of aryl methyl sites for hydroxylation is 1. The molecule has 4 aromatic rings. The molecule has 2 aromatic heterocycles. The Hall–Kier alpha value is -4.13. The predicted molar refractivity (Wildman–Crippen MR) is 132 cm³/mol. The number of benzene rings is 2. The number of amides is 1. The number of pyridine rings is 1. The summed E-state index contributed by atoms with van der Waals surface area (Å²) in [5.74, 6) is 1.40. The lowest BCUT2D eigenvalue weighted by Gasteiger charge is -2.15. The molecule has 0 spiro atoms. The number of hydrogen-bond donors (Lipinski definition) is 0. The number of carbonyl (C=O) groups excluding carboxylic acids is 1. The van der Waals surface area contributed by atoms with Gasteiger partial charge in [-0.15, -0.1) is 0 Å². The van der Waals surface area contributed by atoms with Crippen LogP contribution in [0, 0.1) is 13.8 Å². The molecule has 1 atom stereocenters. The van der Waals surface area contributed by atoms with Gasteiger partial charge < -0.3 is 9.64 Å². The van der Waals surface area contributed by atoms with Gasteiger partial charge in [0.1, 0.15) is 11.5 Å². The fraction of sp³-hybridized carbons (Fsp3) is 0.222. The van der Waals surface area contributed by atoms with E-state index in [4.69, 9.17) is 4.74 Å². The molecule has 3 heterocycles. The smallest absolute Gasteiger partial charge is 0.334 e. The molecule has 0 bridgehead atoms. The van der Waals surface area contributed by atoms with Gasteiger partial charge in [-0.2, -0.15) is 0 Å². The second-order valence-corrected chi connectivity index (χ2v) is 8.58. The van der Waals surface area contributed by atoms with Gasteiger partial charge in [-0.1, -0.05) is 18.7 Å². The van der Waals surface area contributed by atoms with Gasteiger partial charge in [-0.25, -0.2) is 4.79 Å². The summed E-state index contributed by atoms with van der Waals surface area (Å²) in [6, 6.07) is 15.2. The zero-order valence-corrected chi connectivity index (χ0v) is 19.3. The number of fused-ring (bicyclic) bond motifs is 1. The Morgan fingerprint density at radius 3 is 2.68 bits per heavy atom. The monoisotopic (exact) mass is 454 g/mol. The topological polar surface area (TPSA) is 69.4 Å². The molecule has 2 aromatic carbocycles. The number of ether oxygens (including phenoxy) is 1. The van der Waals surface area contributed by atoms with Gasteiger partial charge in [-0.3, -0.25) is 18.9 Å². The molecule has 1 aliphatic rings. The summed E-state index contributed by atoms with van der Waals surface area (Å²) < 4.78 is 9.53. The first-order valence-corrected chi connectivity index (χ1v) is 11.3. The van der Waals surface area contributed by atoms with Crippen LogP contribution >= 0.6 is 0 Å². The van der Waals surface area contributed by atoms with Crippen molar-refractivity contribution in [2.45, 2.75) is 26.3 Å². The third-order valence-electron chi connectivity index (χ3n) is 6.57. The second-order valence-electron chi connectivity index (χ2n) is 8.58. The molecule has 34 heavy (non-hydrogen) atoms. The summed E-state index contributed by atoms with van der Waals surface area (Å²) in [7, 11) is 0. The molecule has 0 radical (unpaired) electrons. The number of rotatable bonds is 5. The van der Waals surface area contributed by atoms with Gasteiger partial charge in [0.25, 0.3) is 0 Å². The van der Waals surface area contributed by atoms with Gasteiger partial charge in [0, 0.05) is 19.3 Å². The van der Waals surface area contributed by atoms with Crippen molar-refractivity contribution in [1.29, 1.82) is 0 Å². The van der Waals surface area contributed by atoms with Crippen LogP contribution in [-0.2, 0) is 4.79 Å². The molecule has 1 saturated heterocycles. The molecule has 1 fully saturated rings. The summed E-state index contributed by atoms with van der Waals surface area (Å²) >= 11 is 0. The van der Waals surface area contributed by atoms with Crippen molar-refractivity contribution in [2.24, 2.45) is 0 Å². The van der Waals surface area contributed by atoms with Crippen LogP contribution in [0.15, 0.2) is 78.4 Å². The van der Waals surface area contributed by atoms with Crippen LogP contribution in [0.5, 0.6) is 11.5 Å². The molecule has 172 valence electrons. The van der Waals surface area contributed by atoms with Crippen LogP contribution in [0.4, 0.5) is 0 Å². The Morgan fingerprint density at radius 2 is 1.91 bits per heavy atom. The van der Waals surface area contributed by atoms with Crippen molar-refractivity contribution >= 4 is 16.9 Å². The summed E-state index contributed by atoms with van der Waals surface area (Å²) in [6.45, 7) is 8.75. The summed E-state index contributed by atoms with van der Waals surface area (Å²) in [5.41, 5.74) is 4.37. The van der Waals surface area contributed by atoms with Gasteiger partial charge in [0.15, 0.2) is 0 Å². The number of hydrogen-bond acceptors (Lipinski definition) is 4. The Morgan fingerprint density at radius 1 is 1.12 bits per heavy atom. The SMILES string of the molecule is C=CC(=O)N1CC[C@@H](n2c(=O)n(-c3ccc(Oc4cccc(C)c4C)cc3)c3cnccc32)C1. The maximum Gasteiger partial charge on any atom is 0.334 e. The standard InChI is InChI=1S/C27H26N4O3/c1-4-26(32)29-15-13-21(17-29)31-23-12-14-28-16-24(23)30(27(31)33)20-8-10-22(11-9-20)34-25-7-5-6-18(2)19(25)3/h4-12,14,16,21H,1,13,15,17H2,2-3H3/t21-/m1/s1. The number of nitrogens with zero attached hydrogens (tertiary/aromatic N) is 4. The molecule has 5 rings (SSSR count). The minimum absolute atomic E-state index is 0.102. The van der Waals surface area contributed by atoms with Gasteiger partial charge in [0.05, 0.1) is 29.0 Å². The zero-order chi connectivity index (χ0) is 23.8. The van der Waals surface area contributed by atoms with Crippen molar-refractivity contribution in [3.63, 3.8) is 0 Å². The summed E-state index contributed by atoms with van der Waals surface area (Å²) in [4.78, 5) is 31.7. The molecule has 0 aliphatic carbocycles. The normalized spacial score (nSPS) is 15.6. The van der Waals surface area contributed by atoms with Crippen molar-refractivity contribution in [3.8, 4) is 17.2 Å². The van der Waals surface area contributed by atoms with E-state index < -0.39 is 0 Å². The molecule has 1 aliphatic heterocycles. The van der Waals surface area contributed by atoms with Gasteiger partial charge >= 0.3 is 5.69 Å². The first kappa shape index (κ1) is 21.7. The molecular weight excluding hydrogens is 428 g/mol. The van der Waals surface area contributed by atoms with Crippen molar-refractivity contribution < 1.29 is 9.53 Å². The van der Waals surface area contributed by atoms with E-state index in [9.17, 15) is 9.59 Å². The Balaban J connectivity index is 1.50. The van der Waals surface area contributed by atoms with Crippen LogP contribution in [-0.4, -0.2) is 38.0 Å². The lowest BCUT2D eigenvalue weighted by atomic mass is 10.1. The number of imidazole rings is 1. The van der Waals surface area contributed by atoms with E-state index in [0.29, 0.717) is 25.3 Å². The first-order valence-electron chi connectivity index (χ1n) is 11.3. The van der Waals surface area contributed by atoms with E-state index in [-0.39, 0.29) is 17.6 Å². The average molecular weight is 455 g/mol. The van der Waals surface area contributed by atoms with Crippen molar-refractivity contribution in [1.82, 2.24) is 19.0 Å². The van der Waals surface area contributed by atoms with Crippen LogP contribution in [0.1, 0.15) is 23.6 Å². The fourth-order valence-corrected chi connectivity index (χ4v) is 4.58. The molecule has 0 saturated carbocycles. The molecule has 1 amide bonds. The van der Waals surface area contributed by atoms with E-state index in [1.165, 1.54) is 11.6 Å². The Bertz CT molecular complexity index is 1450. The van der Waals surface area contributed by atoms with Gasteiger partial charge in [-0.05, 0) is 73.9 Å². The molecule has 7 nitrogen and oxygen atoms in total. The van der Waals surface area contributed by atoms with E-state index in [1.807, 2.05) is 49.4 Å². The largest absolute Gasteiger partial charge is 0.457 e. The van der Waals surface area contributed by atoms with E-state index in [2.05, 4.69) is 24.6 Å². The minimum atomic E-state index is -0.149. The van der Waals surface area contributed by atoms with Crippen LogP contribution in [0.3, 0.4) is 0 Å². The highest BCUT2D eigenvalue weighted by Crippen LogP contribution is 2.29. The van der Waals surface area contributed by atoms with Crippen LogP contribution in [0.25, 0.3) is 16.7 Å². The number of aromatic nitrogens is 3. The Labute approximate surface area is 197 Å². The maximum atomic E-state index is 13.6. The molecule has 7 heteroatoms. The molecule has 0 N–H and O–H groups in total. The lowest BCUT2D eigenvalue weighted by Crippen LogP contribution is -2.31. The first-order chi connectivity index (χ1) is 16.5. The second kappa shape index (κ2) is 8.67. The fourth-order valence-electron chi connectivity index (χ4n) is 4.58. The van der Waals surface area contributed by atoms with E-state index in [0.717, 1.165) is 28.0 Å². The summed E-state index contributed by atoms with van der Waals surface area (Å²) in [5, 5.41) is 0. The third-order valence-corrected chi connectivity index (χ3v) is 6.57. The third kappa shape index (κ3) is 3.69. The van der Waals surface area contributed by atoms with Crippen LogP contribution in [0.2, 0.25) is 0 Å². The highest BCUT2D eigenvalue weighted by Gasteiger charge is 2.29. The average Bonchev–Trinajstić information content (AvgIpc) is 3.44. The maximum absolute atomic E-state index is 13.6. The minimum Gasteiger partial charge on any atom is -0.457 e. The lowest BCUT2D eigenvalue weighted by molar-refractivity contribution is -0.125. The Kier molecular flexibility index (Phi) is 5.53. The molecule has 0 unspecified atom stereocenters. The number of carbonyl (C=O) groups is 1. The van der Waals surface area contributed by atoms with E-state index in [1.54, 1.807) is 26.4 Å². The van der Waals surface area contributed by atoms with Crippen LogP contribution < -0.4 is 10.4 Å². The molecular formula is C27H26N4O3. The highest BCUT2D eigenvalue weighted by atomic mass is 16.5. The quantitative estimate of drug-likeness (QED) is 0.415. The predicted octanol–water partition coefficient (Wildman–Crippen LogP) is 4.56.